The predicted molar refractivity (Wildman–Crippen MR) is 82.6 cm³/mol. The first-order valence-electron chi connectivity index (χ1n) is 7.35. The maximum Gasteiger partial charge on any atom is 0.229 e. The van der Waals surface area contributed by atoms with Gasteiger partial charge >= 0.3 is 0 Å². The summed E-state index contributed by atoms with van der Waals surface area (Å²) in [5.74, 6) is 1.97. The van der Waals surface area contributed by atoms with Crippen LogP contribution in [0.5, 0.6) is 0 Å². The van der Waals surface area contributed by atoms with Crippen molar-refractivity contribution in [3.05, 3.63) is 12.7 Å². The summed E-state index contributed by atoms with van der Waals surface area (Å²) < 4.78 is 0. The Bertz CT molecular complexity index is 441. The zero-order chi connectivity index (χ0) is 14.4. The molecule has 1 saturated carbocycles. The van der Waals surface area contributed by atoms with Crippen LogP contribution >= 0.6 is 0 Å². The van der Waals surface area contributed by atoms with Gasteiger partial charge in [0.25, 0.3) is 0 Å². The van der Waals surface area contributed by atoms with Gasteiger partial charge in [0.1, 0.15) is 0 Å². The molecule has 0 unspecified atom stereocenters. The summed E-state index contributed by atoms with van der Waals surface area (Å²) in [6.07, 6.45) is 7.65. The summed E-state index contributed by atoms with van der Waals surface area (Å²) in [5.41, 5.74) is 5.72. The van der Waals surface area contributed by atoms with Crippen LogP contribution in [-0.2, 0) is 0 Å². The van der Waals surface area contributed by atoms with Crippen LogP contribution in [0.4, 0.5) is 17.8 Å². The third kappa shape index (κ3) is 4.08. The molecule has 2 rings (SSSR count). The van der Waals surface area contributed by atoms with Crippen LogP contribution in [-0.4, -0.2) is 27.5 Å². The molecular formula is C14H24N6. The summed E-state index contributed by atoms with van der Waals surface area (Å²) in [6.45, 7) is 6.84. The van der Waals surface area contributed by atoms with Crippen molar-refractivity contribution in [3.8, 4) is 0 Å². The smallest absolute Gasteiger partial charge is 0.229 e. The fourth-order valence-corrected chi connectivity index (χ4v) is 2.27. The SMILES string of the molecule is C=CC1CC(Nc2nc(N)nc(NCCCCC)n2)C1. The molecule has 0 atom stereocenters. The van der Waals surface area contributed by atoms with E-state index in [0.717, 1.165) is 25.8 Å². The molecule has 0 aliphatic heterocycles. The van der Waals surface area contributed by atoms with E-state index in [9.17, 15) is 0 Å². The van der Waals surface area contributed by atoms with Crippen molar-refractivity contribution in [2.24, 2.45) is 5.92 Å². The van der Waals surface area contributed by atoms with Crippen LogP contribution in [0.3, 0.4) is 0 Å². The number of aromatic nitrogens is 3. The Kier molecular flexibility index (Phi) is 5.15. The maximum absolute atomic E-state index is 5.72. The number of hydrogen-bond donors (Lipinski definition) is 3. The second-order valence-corrected chi connectivity index (χ2v) is 5.28. The minimum atomic E-state index is 0.250. The number of nitrogens with two attached hydrogens (primary N) is 1. The van der Waals surface area contributed by atoms with E-state index in [1.807, 2.05) is 6.08 Å². The van der Waals surface area contributed by atoms with E-state index in [-0.39, 0.29) is 5.95 Å². The first-order valence-corrected chi connectivity index (χ1v) is 7.35. The highest BCUT2D eigenvalue weighted by molar-refractivity contribution is 5.40. The van der Waals surface area contributed by atoms with Gasteiger partial charge in [-0.3, -0.25) is 0 Å². The minimum absolute atomic E-state index is 0.250. The van der Waals surface area contributed by atoms with E-state index in [4.69, 9.17) is 5.73 Å². The summed E-state index contributed by atoms with van der Waals surface area (Å²) in [5, 5.41) is 6.49. The first-order chi connectivity index (χ1) is 9.71. The van der Waals surface area contributed by atoms with Gasteiger partial charge in [-0.25, -0.2) is 0 Å². The Labute approximate surface area is 120 Å². The van der Waals surface area contributed by atoms with Crippen LogP contribution < -0.4 is 16.4 Å². The van der Waals surface area contributed by atoms with E-state index in [0.29, 0.717) is 23.9 Å². The van der Waals surface area contributed by atoms with Crippen LogP contribution in [0.25, 0.3) is 0 Å². The molecule has 0 radical (unpaired) electrons. The van der Waals surface area contributed by atoms with Crippen molar-refractivity contribution < 1.29 is 0 Å². The fraction of sp³-hybridized carbons (Fsp3) is 0.643. The lowest BCUT2D eigenvalue weighted by Gasteiger charge is -2.33. The molecule has 1 heterocycles. The molecule has 110 valence electrons. The molecule has 1 aliphatic carbocycles. The highest BCUT2D eigenvalue weighted by atomic mass is 15.2. The fourth-order valence-electron chi connectivity index (χ4n) is 2.27. The molecule has 1 aliphatic rings. The normalized spacial score (nSPS) is 21.1. The number of nitrogens with zero attached hydrogens (tertiary/aromatic N) is 3. The molecule has 1 aromatic heterocycles. The molecular weight excluding hydrogens is 252 g/mol. The van der Waals surface area contributed by atoms with Crippen molar-refractivity contribution in [1.82, 2.24) is 15.0 Å². The monoisotopic (exact) mass is 276 g/mol. The van der Waals surface area contributed by atoms with Gasteiger partial charge in [-0.2, -0.15) is 15.0 Å². The van der Waals surface area contributed by atoms with Gasteiger partial charge in [0, 0.05) is 12.6 Å². The lowest BCUT2D eigenvalue weighted by molar-refractivity contribution is 0.344. The molecule has 0 bridgehead atoms. The predicted octanol–water partition coefficient (Wildman–Crippen LogP) is 2.43. The zero-order valence-electron chi connectivity index (χ0n) is 12.1. The third-order valence-electron chi connectivity index (χ3n) is 3.56. The Morgan fingerprint density at radius 2 is 2.00 bits per heavy atom. The lowest BCUT2D eigenvalue weighted by atomic mass is 9.80. The maximum atomic E-state index is 5.72. The molecule has 0 amide bonds. The number of anilines is 3. The van der Waals surface area contributed by atoms with Gasteiger partial charge in [-0.15, -0.1) is 6.58 Å². The Morgan fingerprint density at radius 1 is 1.25 bits per heavy atom. The van der Waals surface area contributed by atoms with E-state index in [2.05, 4.69) is 39.1 Å². The second kappa shape index (κ2) is 7.07. The zero-order valence-corrected chi connectivity index (χ0v) is 12.1. The van der Waals surface area contributed by atoms with Gasteiger partial charge in [-0.1, -0.05) is 25.8 Å². The Hall–Kier alpha value is -1.85. The van der Waals surface area contributed by atoms with Gasteiger partial charge in [0.2, 0.25) is 17.8 Å². The summed E-state index contributed by atoms with van der Waals surface area (Å²) >= 11 is 0. The lowest BCUT2D eigenvalue weighted by Crippen LogP contribution is -2.35. The van der Waals surface area contributed by atoms with Crippen molar-refractivity contribution in [2.45, 2.75) is 45.1 Å². The Morgan fingerprint density at radius 3 is 2.70 bits per heavy atom. The summed E-state index contributed by atoms with van der Waals surface area (Å²) in [4.78, 5) is 12.6. The third-order valence-corrected chi connectivity index (χ3v) is 3.56. The van der Waals surface area contributed by atoms with E-state index in [1.165, 1.54) is 12.8 Å². The molecule has 0 aromatic carbocycles. The first kappa shape index (κ1) is 14.6. The molecule has 0 saturated heterocycles. The quantitative estimate of drug-likeness (QED) is 0.499. The molecule has 1 aromatic rings. The van der Waals surface area contributed by atoms with Crippen molar-refractivity contribution in [2.75, 3.05) is 22.9 Å². The van der Waals surface area contributed by atoms with Crippen LogP contribution in [0.1, 0.15) is 39.0 Å². The average molecular weight is 276 g/mol. The topological polar surface area (TPSA) is 88.8 Å². The molecule has 4 N–H and O–H groups in total. The molecule has 6 heteroatoms. The average Bonchev–Trinajstić information content (AvgIpc) is 2.38. The van der Waals surface area contributed by atoms with Gasteiger partial charge in [0.15, 0.2) is 0 Å². The highest BCUT2D eigenvalue weighted by Crippen LogP contribution is 2.30. The Balaban J connectivity index is 1.86. The van der Waals surface area contributed by atoms with E-state index < -0.39 is 0 Å². The largest absolute Gasteiger partial charge is 0.368 e. The molecule has 1 fully saturated rings. The number of hydrogen-bond acceptors (Lipinski definition) is 6. The number of allylic oxidation sites excluding steroid dienone is 1. The minimum Gasteiger partial charge on any atom is -0.368 e. The standard InChI is InChI=1S/C14H24N6/c1-3-5-6-7-16-13-18-12(15)19-14(20-13)17-11-8-10(4-2)9-11/h4,10-11H,2-3,5-9H2,1H3,(H4,15,16,17,18,19,20). The van der Waals surface area contributed by atoms with Crippen LogP contribution in [0.15, 0.2) is 12.7 Å². The van der Waals surface area contributed by atoms with Crippen LogP contribution in [0.2, 0.25) is 0 Å². The van der Waals surface area contributed by atoms with Crippen molar-refractivity contribution >= 4 is 17.8 Å². The van der Waals surface area contributed by atoms with Gasteiger partial charge in [0.05, 0.1) is 0 Å². The van der Waals surface area contributed by atoms with E-state index in [1.54, 1.807) is 0 Å². The van der Waals surface area contributed by atoms with Crippen LogP contribution in [0, 0.1) is 5.92 Å². The van der Waals surface area contributed by atoms with Crippen molar-refractivity contribution in [3.63, 3.8) is 0 Å². The van der Waals surface area contributed by atoms with Crippen molar-refractivity contribution in [1.29, 1.82) is 0 Å². The number of unbranched alkanes of at least 4 members (excludes halogenated alkanes) is 2. The van der Waals surface area contributed by atoms with Gasteiger partial charge < -0.3 is 16.4 Å². The van der Waals surface area contributed by atoms with E-state index >= 15 is 0 Å². The summed E-state index contributed by atoms with van der Waals surface area (Å²) in [6, 6.07) is 0.410. The summed E-state index contributed by atoms with van der Waals surface area (Å²) in [7, 11) is 0. The second-order valence-electron chi connectivity index (χ2n) is 5.28. The number of rotatable bonds is 8. The molecule has 20 heavy (non-hydrogen) atoms. The van der Waals surface area contributed by atoms with Gasteiger partial charge in [-0.05, 0) is 25.2 Å². The number of nitrogen functional groups attached to an aromatic ring is 1. The number of nitrogens with one attached hydrogen (secondary N) is 2. The molecule has 6 nitrogen and oxygen atoms in total. The molecule has 0 spiro atoms. The highest BCUT2D eigenvalue weighted by Gasteiger charge is 2.27.